The third kappa shape index (κ3) is 7.22. The first kappa shape index (κ1) is 42.5. The van der Waals surface area contributed by atoms with Crippen LogP contribution in [0.15, 0.2) is 66.7 Å². The SMILES string of the molecule is Oc1ccc([C@H]2Oc3c(Cc4c(O)c(Cc5c(O)cc(O)c6c5O[C@H](c5ccc(O)c(O)c5)[C@@H](O)C6)c5c(c4O)C[C@H](O)[C@@H](c4ccc(O)c(O)c4)O5)c(O)cc(O)c3C[C@@H]2O)cc1O. The predicted octanol–water partition coefficient (Wildman–Crippen LogP) is 4.45. The van der Waals surface area contributed by atoms with Crippen molar-refractivity contribution in [2.75, 3.05) is 0 Å². The van der Waals surface area contributed by atoms with Crippen molar-refractivity contribution in [2.24, 2.45) is 0 Å². The Kier molecular flexibility index (Phi) is 10.3. The number of aliphatic hydroxyl groups excluding tert-OH is 3. The van der Waals surface area contributed by atoms with Crippen molar-refractivity contribution in [1.82, 2.24) is 0 Å². The average Bonchev–Trinajstić information content (AvgIpc) is 3.26. The minimum atomic E-state index is -1.42. The second-order valence-electron chi connectivity index (χ2n) is 16.4. The Labute approximate surface area is 367 Å². The zero-order valence-corrected chi connectivity index (χ0v) is 33.8. The van der Waals surface area contributed by atoms with E-state index in [1.165, 1.54) is 48.5 Å². The molecule has 0 amide bonds. The lowest BCUT2D eigenvalue weighted by Crippen LogP contribution is -2.32. The van der Waals surface area contributed by atoms with Gasteiger partial charge in [0.25, 0.3) is 0 Å². The van der Waals surface area contributed by atoms with E-state index in [1.54, 1.807) is 0 Å². The molecule has 0 unspecified atom stereocenters. The molecular formula is C47H42O18. The van der Waals surface area contributed by atoms with Crippen LogP contribution in [0.25, 0.3) is 0 Å². The molecule has 0 saturated heterocycles. The molecule has 6 atom stereocenters. The van der Waals surface area contributed by atoms with Gasteiger partial charge in [0.15, 0.2) is 34.5 Å². The van der Waals surface area contributed by atoms with Crippen LogP contribution in [0.5, 0.6) is 86.2 Å². The molecule has 3 heterocycles. The first-order valence-corrected chi connectivity index (χ1v) is 20.2. The Balaban J connectivity index is 1.20. The highest BCUT2D eigenvalue weighted by Gasteiger charge is 2.41. The molecule has 6 aromatic carbocycles. The van der Waals surface area contributed by atoms with Crippen molar-refractivity contribution < 1.29 is 90.8 Å². The minimum absolute atomic E-state index is 0.0527. The molecule has 338 valence electrons. The van der Waals surface area contributed by atoms with Gasteiger partial charge >= 0.3 is 0 Å². The van der Waals surface area contributed by atoms with E-state index in [9.17, 15) is 76.6 Å². The Morgan fingerprint density at radius 2 is 0.677 bits per heavy atom. The second kappa shape index (κ2) is 15.8. The summed E-state index contributed by atoms with van der Waals surface area (Å²) >= 11 is 0. The van der Waals surface area contributed by atoms with Gasteiger partial charge in [0, 0.05) is 83.2 Å². The van der Waals surface area contributed by atoms with Gasteiger partial charge in [-0.1, -0.05) is 18.2 Å². The van der Waals surface area contributed by atoms with Crippen molar-refractivity contribution in [2.45, 2.75) is 68.7 Å². The summed E-state index contributed by atoms with van der Waals surface area (Å²) in [7, 11) is 0. The van der Waals surface area contributed by atoms with Gasteiger partial charge in [-0.05, 0) is 53.1 Å². The van der Waals surface area contributed by atoms with E-state index in [1.807, 2.05) is 0 Å². The van der Waals surface area contributed by atoms with Crippen molar-refractivity contribution in [3.63, 3.8) is 0 Å². The normalized spacial score (nSPS) is 21.0. The van der Waals surface area contributed by atoms with Crippen LogP contribution < -0.4 is 14.2 Å². The highest BCUT2D eigenvalue weighted by atomic mass is 16.5. The van der Waals surface area contributed by atoms with Crippen LogP contribution in [0.4, 0.5) is 0 Å². The molecule has 18 nitrogen and oxygen atoms in total. The van der Waals surface area contributed by atoms with Gasteiger partial charge in [-0.25, -0.2) is 0 Å². The molecule has 0 aromatic heterocycles. The molecular weight excluding hydrogens is 852 g/mol. The van der Waals surface area contributed by atoms with Crippen molar-refractivity contribution in [3.8, 4) is 86.2 Å². The van der Waals surface area contributed by atoms with E-state index in [0.717, 1.165) is 18.2 Å². The van der Waals surface area contributed by atoms with Crippen LogP contribution in [-0.2, 0) is 32.1 Å². The van der Waals surface area contributed by atoms with Crippen LogP contribution in [0, 0.1) is 0 Å². The van der Waals surface area contributed by atoms with Crippen LogP contribution in [0.1, 0.15) is 73.9 Å². The monoisotopic (exact) mass is 894 g/mol. The molecule has 6 aromatic rings. The highest BCUT2D eigenvalue weighted by Crippen LogP contribution is 2.55. The predicted molar refractivity (Wildman–Crippen MR) is 223 cm³/mol. The summed E-state index contributed by atoms with van der Waals surface area (Å²) in [6.07, 6.45) is -9.61. The molecule has 15 N–H and O–H groups in total. The summed E-state index contributed by atoms with van der Waals surface area (Å²) in [5.74, 6) is -6.62. The van der Waals surface area contributed by atoms with E-state index in [0.29, 0.717) is 0 Å². The van der Waals surface area contributed by atoms with Crippen LogP contribution >= 0.6 is 0 Å². The zero-order chi connectivity index (χ0) is 46.3. The molecule has 9 rings (SSSR count). The Morgan fingerprint density at radius 1 is 0.338 bits per heavy atom. The lowest BCUT2D eigenvalue weighted by molar-refractivity contribution is 0.0180. The largest absolute Gasteiger partial charge is 0.507 e. The number of rotatable bonds is 7. The molecule has 0 saturated carbocycles. The topological polar surface area (TPSA) is 331 Å². The quantitative estimate of drug-likeness (QED) is 0.0984. The van der Waals surface area contributed by atoms with Gasteiger partial charge in [0.1, 0.15) is 70.1 Å². The fourth-order valence-corrected chi connectivity index (χ4v) is 8.94. The van der Waals surface area contributed by atoms with Gasteiger partial charge in [-0.3, -0.25) is 0 Å². The number of aromatic hydroxyl groups is 12. The smallest absolute Gasteiger partial charge is 0.157 e. The third-order valence-electron chi connectivity index (χ3n) is 12.3. The van der Waals surface area contributed by atoms with E-state index in [2.05, 4.69) is 0 Å². The fraction of sp³-hybridized carbons (Fsp3) is 0.234. The van der Waals surface area contributed by atoms with Crippen LogP contribution in [0.2, 0.25) is 0 Å². The summed E-state index contributed by atoms with van der Waals surface area (Å²) in [5.41, 5.74) is 0.111. The summed E-state index contributed by atoms with van der Waals surface area (Å²) in [5, 5.41) is 164. The van der Waals surface area contributed by atoms with Gasteiger partial charge < -0.3 is 90.8 Å². The van der Waals surface area contributed by atoms with Crippen LogP contribution in [-0.4, -0.2) is 94.9 Å². The highest BCUT2D eigenvalue weighted by molar-refractivity contribution is 5.69. The number of phenols is 12. The molecule has 0 radical (unpaired) electrons. The number of hydrogen-bond acceptors (Lipinski definition) is 18. The Bertz CT molecular complexity index is 2910. The Morgan fingerprint density at radius 3 is 1.05 bits per heavy atom. The lowest BCUT2D eigenvalue weighted by atomic mass is 9.85. The maximum Gasteiger partial charge on any atom is 0.157 e. The Hall–Kier alpha value is -7.80. The fourth-order valence-electron chi connectivity index (χ4n) is 8.94. The summed E-state index contributed by atoms with van der Waals surface area (Å²) in [4.78, 5) is 0. The molecule has 18 heteroatoms. The van der Waals surface area contributed by atoms with Crippen LogP contribution in [0.3, 0.4) is 0 Å². The molecule has 3 aliphatic rings. The number of benzene rings is 6. The van der Waals surface area contributed by atoms with Crippen molar-refractivity contribution >= 4 is 0 Å². The maximum absolute atomic E-state index is 12.4. The standard InChI is InChI=1S/C47H42O18/c48-27-4-1-17(7-34(27)55)42-37(58)12-22-32(53)15-30(51)20(45(22)63-42)10-24-40(61)25(47-26(41(24)62)14-39(60)44(65-47)19-3-6-29(50)36(57)9-19)11-21-31(52)16-33(54)23-13-38(59)43(64-46(21)23)18-2-5-28(49)35(56)8-18/h1-9,15-16,37-39,42-44,48-62H,10-14H2/t37-,38-,39-,42+,43+,44+/m0/s1. The molecule has 3 aliphatic heterocycles. The number of phenolic OH excluding ortho intramolecular Hbond substituents is 12. The van der Waals surface area contributed by atoms with E-state index < -0.39 is 118 Å². The number of ether oxygens (including phenoxy) is 3. The minimum Gasteiger partial charge on any atom is -0.507 e. The number of hydrogen-bond donors (Lipinski definition) is 15. The first-order chi connectivity index (χ1) is 30.9. The lowest BCUT2D eigenvalue weighted by Gasteiger charge is -2.35. The number of aliphatic hydroxyl groups is 3. The van der Waals surface area contributed by atoms with Gasteiger partial charge in [-0.15, -0.1) is 0 Å². The molecule has 0 fully saturated rings. The van der Waals surface area contributed by atoms with Gasteiger partial charge in [0.2, 0.25) is 0 Å². The molecule has 0 spiro atoms. The van der Waals surface area contributed by atoms with Gasteiger partial charge in [-0.2, -0.15) is 0 Å². The van der Waals surface area contributed by atoms with E-state index in [4.69, 9.17) is 14.2 Å². The maximum atomic E-state index is 12.4. The van der Waals surface area contributed by atoms with E-state index >= 15 is 0 Å². The second-order valence-corrected chi connectivity index (χ2v) is 16.4. The third-order valence-corrected chi connectivity index (χ3v) is 12.3. The molecule has 65 heavy (non-hydrogen) atoms. The van der Waals surface area contributed by atoms with Gasteiger partial charge in [0.05, 0.1) is 18.3 Å². The molecule has 0 aliphatic carbocycles. The summed E-state index contributed by atoms with van der Waals surface area (Å²) in [6.45, 7) is 0. The zero-order valence-electron chi connectivity index (χ0n) is 33.8. The van der Waals surface area contributed by atoms with E-state index in [-0.39, 0.29) is 92.1 Å². The number of fused-ring (bicyclic) bond motifs is 3. The first-order valence-electron chi connectivity index (χ1n) is 20.2. The molecule has 0 bridgehead atoms. The summed E-state index contributed by atoms with van der Waals surface area (Å²) in [6, 6.07) is 13.2. The summed E-state index contributed by atoms with van der Waals surface area (Å²) < 4.78 is 18.8. The average molecular weight is 895 g/mol. The van der Waals surface area contributed by atoms with Crippen molar-refractivity contribution in [3.05, 3.63) is 122 Å². The van der Waals surface area contributed by atoms with Crippen molar-refractivity contribution in [1.29, 1.82) is 0 Å².